The van der Waals surface area contributed by atoms with Crippen LogP contribution in [0, 0.1) is 17.2 Å². The van der Waals surface area contributed by atoms with Crippen LogP contribution in [-0.2, 0) is 0 Å². The normalized spacial score (nSPS) is 20.3. The molecular formula is C17H21N6Si. The van der Waals surface area contributed by atoms with Crippen molar-refractivity contribution in [1.82, 2.24) is 15.0 Å². The smallest absolute Gasteiger partial charge is 0.223 e. The lowest BCUT2D eigenvalue weighted by atomic mass is 10.1. The zero-order valence-electron chi connectivity index (χ0n) is 14.0. The maximum atomic E-state index is 9.15. The van der Waals surface area contributed by atoms with Gasteiger partial charge in [-0.3, -0.25) is 0 Å². The maximum absolute atomic E-state index is 9.15. The molecule has 2 atom stereocenters. The number of pyridine rings is 1. The lowest BCUT2D eigenvalue weighted by Gasteiger charge is -2.15. The van der Waals surface area contributed by atoms with Crippen LogP contribution in [0.1, 0.15) is 38.8 Å². The fraction of sp³-hybridized carbons (Fsp3) is 0.529. The summed E-state index contributed by atoms with van der Waals surface area (Å²) in [6.07, 6.45) is 5.25. The molecule has 2 heterocycles. The Balaban J connectivity index is 1.90. The quantitative estimate of drug-likeness (QED) is 0.816. The van der Waals surface area contributed by atoms with Gasteiger partial charge >= 0.3 is 0 Å². The van der Waals surface area contributed by atoms with Gasteiger partial charge in [-0.15, -0.1) is 0 Å². The van der Waals surface area contributed by atoms with E-state index in [1.54, 1.807) is 12.3 Å². The topological polar surface area (TPSA) is 86.5 Å². The first-order chi connectivity index (χ1) is 11.6. The molecule has 0 amide bonds. The zero-order valence-corrected chi connectivity index (χ0v) is 15.0. The van der Waals surface area contributed by atoms with Crippen molar-refractivity contribution in [1.29, 1.82) is 5.26 Å². The van der Waals surface area contributed by atoms with Crippen LogP contribution in [0.3, 0.4) is 0 Å². The van der Waals surface area contributed by atoms with Gasteiger partial charge in [0, 0.05) is 33.9 Å². The highest BCUT2D eigenvalue weighted by atomic mass is 28.1. The van der Waals surface area contributed by atoms with Crippen molar-refractivity contribution in [3.05, 3.63) is 18.0 Å². The first-order valence-electron chi connectivity index (χ1n) is 8.34. The summed E-state index contributed by atoms with van der Waals surface area (Å²) < 4.78 is 0. The molecule has 2 N–H and O–H groups in total. The molecule has 7 heteroatoms. The number of nitrogens with zero attached hydrogens (tertiary/aromatic N) is 4. The molecule has 24 heavy (non-hydrogen) atoms. The summed E-state index contributed by atoms with van der Waals surface area (Å²) in [7, 11) is 3.61. The maximum Gasteiger partial charge on any atom is 0.223 e. The molecule has 0 aromatic carbocycles. The van der Waals surface area contributed by atoms with Gasteiger partial charge in [0.05, 0.1) is 0 Å². The Morgan fingerprint density at radius 1 is 1.38 bits per heavy atom. The minimum absolute atomic E-state index is 0.204. The average molecular weight is 337 g/mol. The van der Waals surface area contributed by atoms with E-state index in [1.807, 2.05) is 13.8 Å². The average Bonchev–Trinajstić information content (AvgIpc) is 3.02. The highest BCUT2D eigenvalue weighted by molar-refractivity contribution is 6.08. The summed E-state index contributed by atoms with van der Waals surface area (Å²) in [4.78, 5) is 13.4. The molecule has 0 saturated heterocycles. The van der Waals surface area contributed by atoms with Crippen molar-refractivity contribution in [3.8, 4) is 6.07 Å². The SMILES string of the molecule is CC(C)Nc1nc(C#N)cc2cnc(NC3CC[C@H](C[Si])C3)nc12. The third kappa shape index (κ3) is 3.65. The molecule has 1 saturated carbocycles. The van der Waals surface area contributed by atoms with Crippen LogP contribution in [0.5, 0.6) is 0 Å². The predicted octanol–water partition coefficient (Wildman–Crippen LogP) is 2.88. The van der Waals surface area contributed by atoms with Crippen molar-refractivity contribution in [3.63, 3.8) is 0 Å². The Bertz CT molecular complexity index is 770. The van der Waals surface area contributed by atoms with Crippen molar-refractivity contribution in [2.75, 3.05) is 10.6 Å². The van der Waals surface area contributed by atoms with Gasteiger partial charge in [0.1, 0.15) is 17.3 Å². The first kappa shape index (κ1) is 16.6. The van der Waals surface area contributed by atoms with E-state index in [2.05, 4.69) is 41.9 Å². The van der Waals surface area contributed by atoms with Crippen LogP contribution in [0.25, 0.3) is 10.9 Å². The van der Waals surface area contributed by atoms with Crippen LogP contribution in [0.4, 0.5) is 11.8 Å². The minimum atomic E-state index is 0.204. The molecule has 0 spiro atoms. The summed E-state index contributed by atoms with van der Waals surface area (Å²) in [5.41, 5.74) is 1.11. The van der Waals surface area contributed by atoms with E-state index >= 15 is 0 Å². The van der Waals surface area contributed by atoms with Gasteiger partial charge in [0.2, 0.25) is 5.95 Å². The lowest BCUT2D eigenvalue weighted by Crippen LogP contribution is -2.18. The number of anilines is 2. The largest absolute Gasteiger partial charge is 0.366 e. The first-order valence-corrected chi connectivity index (χ1v) is 9.05. The van der Waals surface area contributed by atoms with Crippen LogP contribution < -0.4 is 10.6 Å². The number of hydrogen-bond acceptors (Lipinski definition) is 6. The second kappa shape index (κ2) is 7.14. The predicted molar refractivity (Wildman–Crippen MR) is 96.1 cm³/mol. The van der Waals surface area contributed by atoms with E-state index in [9.17, 15) is 0 Å². The van der Waals surface area contributed by atoms with Crippen LogP contribution in [0.2, 0.25) is 6.04 Å². The Morgan fingerprint density at radius 2 is 2.21 bits per heavy atom. The Hall–Kier alpha value is -2.20. The summed E-state index contributed by atoms with van der Waals surface area (Å²) in [6.45, 7) is 4.07. The highest BCUT2D eigenvalue weighted by Gasteiger charge is 2.24. The highest BCUT2D eigenvalue weighted by Crippen LogP contribution is 2.30. The van der Waals surface area contributed by atoms with Gasteiger partial charge in [-0.1, -0.05) is 6.04 Å². The number of nitrogens with one attached hydrogen (secondary N) is 2. The van der Waals surface area contributed by atoms with E-state index in [0.717, 1.165) is 35.7 Å². The number of hydrogen-bond donors (Lipinski definition) is 2. The second-order valence-corrected chi connectivity index (χ2v) is 7.03. The molecule has 1 aliphatic rings. The summed E-state index contributed by atoms with van der Waals surface area (Å²) >= 11 is 0. The van der Waals surface area contributed by atoms with E-state index in [1.165, 1.54) is 6.42 Å². The van der Waals surface area contributed by atoms with Crippen molar-refractivity contribution in [2.45, 2.75) is 51.2 Å². The van der Waals surface area contributed by atoms with Crippen molar-refractivity contribution < 1.29 is 0 Å². The second-order valence-electron chi connectivity index (χ2n) is 6.62. The van der Waals surface area contributed by atoms with Crippen LogP contribution in [0.15, 0.2) is 12.3 Å². The monoisotopic (exact) mass is 337 g/mol. The molecule has 2 aromatic heterocycles. The standard InChI is InChI=1S/C17H21N6Si/c1-10(2)20-16-15-12(6-14(7-18)21-16)8-19-17(23-15)22-13-4-3-11(5-13)9-24/h6,8,10-11,13H,3-5,9H2,1-2H3,(H,20,21)(H,19,22,23)/t11-,13?/m0/s1. The number of aromatic nitrogens is 3. The Kier molecular flexibility index (Phi) is 4.95. The summed E-state index contributed by atoms with van der Waals surface area (Å²) in [5, 5.41) is 16.7. The molecule has 1 fully saturated rings. The minimum Gasteiger partial charge on any atom is -0.366 e. The molecule has 6 nitrogen and oxygen atoms in total. The van der Waals surface area contributed by atoms with Gasteiger partial charge in [-0.05, 0) is 45.1 Å². The molecule has 123 valence electrons. The van der Waals surface area contributed by atoms with Gasteiger partial charge in [0.25, 0.3) is 0 Å². The van der Waals surface area contributed by atoms with Gasteiger partial charge < -0.3 is 10.6 Å². The third-order valence-electron chi connectivity index (χ3n) is 4.27. The molecular weight excluding hydrogens is 316 g/mol. The third-order valence-corrected chi connectivity index (χ3v) is 4.85. The molecule has 3 rings (SSSR count). The Labute approximate surface area is 145 Å². The molecule has 0 aliphatic heterocycles. The molecule has 1 unspecified atom stereocenters. The fourth-order valence-corrected chi connectivity index (χ4v) is 3.49. The van der Waals surface area contributed by atoms with E-state index in [4.69, 9.17) is 5.26 Å². The zero-order chi connectivity index (χ0) is 17.1. The molecule has 2 aromatic rings. The van der Waals surface area contributed by atoms with Crippen molar-refractivity contribution >= 4 is 32.9 Å². The number of nitriles is 1. The summed E-state index contributed by atoms with van der Waals surface area (Å²) in [6, 6.07) is 5.47. The number of fused-ring (bicyclic) bond motifs is 1. The van der Waals surface area contributed by atoms with Gasteiger partial charge in [-0.25, -0.2) is 15.0 Å². The summed E-state index contributed by atoms with van der Waals surface area (Å²) in [5.74, 6) is 1.98. The van der Waals surface area contributed by atoms with E-state index in [-0.39, 0.29) is 6.04 Å². The van der Waals surface area contributed by atoms with Crippen LogP contribution in [-0.4, -0.2) is 37.3 Å². The van der Waals surface area contributed by atoms with Gasteiger partial charge in [-0.2, -0.15) is 5.26 Å². The number of rotatable bonds is 5. The van der Waals surface area contributed by atoms with Crippen molar-refractivity contribution in [2.24, 2.45) is 5.92 Å². The molecule has 0 bridgehead atoms. The molecule has 1 aliphatic carbocycles. The molecule has 3 radical (unpaired) electrons. The van der Waals surface area contributed by atoms with Crippen LogP contribution >= 0.6 is 0 Å². The van der Waals surface area contributed by atoms with E-state index < -0.39 is 0 Å². The fourth-order valence-electron chi connectivity index (χ4n) is 3.11. The lowest BCUT2D eigenvalue weighted by molar-refractivity contribution is 0.601. The van der Waals surface area contributed by atoms with Gasteiger partial charge in [0.15, 0.2) is 5.82 Å². The Morgan fingerprint density at radius 3 is 2.88 bits per heavy atom. The van der Waals surface area contributed by atoms with E-state index in [0.29, 0.717) is 23.5 Å².